The summed E-state index contributed by atoms with van der Waals surface area (Å²) in [6, 6.07) is 0. The lowest BCUT2D eigenvalue weighted by atomic mass is 9.51. The van der Waals surface area contributed by atoms with Crippen LogP contribution in [0.3, 0.4) is 0 Å². The van der Waals surface area contributed by atoms with Crippen LogP contribution in [0.2, 0.25) is 0 Å². The van der Waals surface area contributed by atoms with Gasteiger partial charge in [0.1, 0.15) is 25.8 Å². The fraction of sp³-hybridized carbons (Fsp3) is 0.875. The maximum absolute atomic E-state index is 13.9. The van der Waals surface area contributed by atoms with Crippen molar-refractivity contribution in [1.82, 2.24) is 0 Å². The van der Waals surface area contributed by atoms with Crippen molar-refractivity contribution in [3.05, 3.63) is 0 Å². The molecule has 0 amide bonds. The Morgan fingerprint density at radius 2 is 1.67 bits per heavy atom. The summed E-state index contributed by atoms with van der Waals surface area (Å²) < 4.78 is 46.5. The Kier molecular flexibility index (Phi) is 4.88. The Labute approximate surface area is 207 Å². The zero-order valence-electron chi connectivity index (χ0n) is 21.1. The van der Waals surface area contributed by atoms with E-state index >= 15 is 0 Å². The third kappa shape index (κ3) is 2.16. The molecular weight excluding hydrogens is 480 g/mol. The molecule has 1 N–H and O–H groups in total. The molecular formula is C24H32O12. The summed E-state index contributed by atoms with van der Waals surface area (Å²) in [4.78, 5) is 40.0. The highest BCUT2D eigenvalue weighted by Gasteiger charge is 3.04. The van der Waals surface area contributed by atoms with E-state index in [2.05, 4.69) is 0 Å². The molecule has 2 saturated carbocycles. The van der Waals surface area contributed by atoms with Crippen LogP contribution in [-0.2, 0) is 52.3 Å². The minimum Gasteiger partial charge on any atom is -0.459 e. The summed E-state index contributed by atoms with van der Waals surface area (Å²) >= 11 is 0. The van der Waals surface area contributed by atoms with E-state index in [-0.39, 0.29) is 19.5 Å². The van der Waals surface area contributed by atoms with E-state index in [1.165, 1.54) is 21.1 Å². The van der Waals surface area contributed by atoms with Gasteiger partial charge >= 0.3 is 17.9 Å². The van der Waals surface area contributed by atoms with E-state index in [4.69, 9.17) is 37.9 Å². The Hall–Kier alpha value is -1.83. The number of rotatable bonds is 6. The van der Waals surface area contributed by atoms with Gasteiger partial charge < -0.3 is 43.0 Å². The molecule has 4 heterocycles. The number of esters is 3. The van der Waals surface area contributed by atoms with E-state index < -0.39 is 82.0 Å². The maximum Gasteiger partial charge on any atom is 0.343 e. The van der Waals surface area contributed by atoms with Crippen molar-refractivity contribution >= 4 is 17.9 Å². The van der Waals surface area contributed by atoms with Crippen LogP contribution in [0.4, 0.5) is 0 Å². The number of aliphatic hydroxyl groups is 1. The van der Waals surface area contributed by atoms with Crippen molar-refractivity contribution in [1.29, 1.82) is 0 Å². The highest BCUT2D eigenvalue weighted by Crippen LogP contribution is 2.85. The molecule has 0 aromatic heterocycles. The van der Waals surface area contributed by atoms with Gasteiger partial charge in [-0.25, -0.2) is 9.59 Å². The minimum atomic E-state index is -2.16. The average Bonchev–Trinajstić information content (AvgIpc) is 3.51. The van der Waals surface area contributed by atoms with Crippen LogP contribution in [0.25, 0.3) is 0 Å². The second-order valence-electron chi connectivity index (χ2n) is 11.8. The molecule has 6 rings (SSSR count). The molecule has 200 valence electrons. The lowest BCUT2D eigenvalue weighted by Crippen LogP contribution is -2.67. The van der Waals surface area contributed by atoms with Crippen LogP contribution >= 0.6 is 0 Å². The van der Waals surface area contributed by atoms with Gasteiger partial charge in [0.2, 0.25) is 11.9 Å². The van der Waals surface area contributed by atoms with Crippen molar-refractivity contribution in [2.75, 3.05) is 27.8 Å². The zero-order chi connectivity index (χ0) is 26.1. The summed E-state index contributed by atoms with van der Waals surface area (Å²) in [5, 5.41) is 12.4. The van der Waals surface area contributed by atoms with Gasteiger partial charge in [-0.1, -0.05) is 20.8 Å². The van der Waals surface area contributed by atoms with Crippen LogP contribution in [0.5, 0.6) is 0 Å². The predicted octanol–water partition coefficient (Wildman–Crippen LogP) is -0.113. The molecule has 6 fully saturated rings. The Bertz CT molecular complexity index is 1020. The molecule has 2 spiro atoms. The number of fused-ring (bicyclic) bond motifs is 1. The van der Waals surface area contributed by atoms with Gasteiger partial charge in [-0.15, -0.1) is 0 Å². The van der Waals surface area contributed by atoms with Gasteiger partial charge in [-0.05, 0) is 24.7 Å². The highest BCUT2D eigenvalue weighted by molar-refractivity contribution is 5.94. The van der Waals surface area contributed by atoms with Crippen molar-refractivity contribution in [2.45, 2.75) is 76.0 Å². The number of ether oxygens (including phenoxy) is 8. The summed E-state index contributed by atoms with van der Waals surface area (Å²) in [7, 11) is 2.86. The lowest BCUT2D eigenvalue weighted by molar-refractivity contribution is -0.242. The normalized spacial score (nSPS) is 52.1. The first kappa shape index (κ1) is 24.5. The molecule has 0 unspecified atom stereocenters. The molecule has 36 heavy (non-hydrogen) atoms. The van der Waals surface area contributed by atoms with Crippen molar-refractivity contribution in [3.8, 4) is 0 Å². The molecule has 11 atom stereocenters. The molecule has 0 aromatic rings. The molecule has 0 radical (unpaired) electrons. The summed E-state index contributed by atoms with van der Waals surface area (Å²) in [5.74, 6) is -3.71. The smallest absolute Gasteiger partial charge is 0.343 e. The van der Waals surface area contributed by atoms with Gasteiger partial charge in [0.05, 0.1) is 16.7 Å². The highest BCUT2D eigenvalue weighted by atomic mass is 16.8. The monoisotopic (exact) mass is 512 g/mol. The fourth-order valence-corrected chi connectivity index (χ4v) is 8.76. The SMILES string of the molecule is COCO[C@@H]1[C@@H]2OC(=O)[C@@H](C)[C@]2(O)[C@@]23O[C@@H]4OC(=O)[C@H](OCOC)[C@@]45[C@H](C(C)(C)C)C[C@@H](OC2=O)[C@]153. The van der Waals surface area contributed by atoms with Crippen LogP contribution in [0.15, 0.2) is 0 Å². The Balaban J connectivity index is 1.69. The molecule has 12 nitrogen and oxygen atoms in total. The van der Waals surface area contributed by atoms with Crippen LogP contribution < -0.4 is 0 Å². The third-order valence-electron chi connectivity index (χ3n) is 9.66. The van der Waals surface area contributed by atoms with E-state index in [1.807, 2.05) is 20.8 Å². The maximum atomic E-state index is 13.9. The number of carbonyl (C=O) groups is 3. The Morgan fingerprint density at radius 3 is 2.31 bits per heavy atom. The van der Waals surface area contributed by atoms with E-state index in [0.717, 1.165) is 0 Å². The van der Waals surface area contributed by atoms with Crippen LogP contribution in [0.1, 0.15) is 34.1 Å². The first-order valence-electron chi connectivity index (χ1n) is 12.2. The van der Waals surface area contributed by atoms with Gasteiger partial charge in [-0.3, -0.25) is 4.79 Å². The van der Waals surface area contributed by atoms with Crippen molar-refractivity contribution in [3.63, 3.8) is 0 Å². The molecule has 4 aliphatic heterocycles. The fourth-order valence-electron chi connectivity index (χ4n) is 8.76. The molecule has 0 bridgehead atoms. The number of hydrogen-bond donors (Lipinski definition) is 1. The summed E-state index contributed by atoms with van der Waals surface area (Å²) in [6.45, 7) is 7.05. The van der Waals surface area contributed by atoms with Crippen molar-refractivity contribution in [2.24, 2.45) is 28.1 Å². The van der Waals surface area contributed by atoms with Gasteiger partial charge in [0, 0.05) is 14.2 Å². The minimum absolute atomic E-state index is 0.226. The molecule has 4 saturated heterocycles. The van der Waals surface area contributed by atoms with Crippen LogP contribution in [-0.4, -0.2) is 92.7 Å². The second kappa shape index (κ2) is 7.17. The number of carbonyl (C=O) groups excluding carboxylic acids is 3. The first-order chi connectivity index (χ1) is 16.9. The predicted molar refractivity (Wildman–Crippen MR) is 113 cm³/mol. The molecule has 12 heteroatoms. The molecule has 2 aliphatic carbocycles. The zero-order valence-corrected chi connectivity index (χ0v) is 21.1. The van der Waals surface area contributed by atoms with Gasteiger partial charge in [-0.2, -0.15) is 0 Å². The number of methoxy groups -OCH3 is 2. The van der Waals surface area contributed by atoms with E-state index in [9.17, 15) is 19.5 Å². The topological polar surface area (TPSA) is 145 Å². The second-order valence-corrected chi connectivity index (χ2v) is 11.8. The standard InChI is InChI=1S/C24H32O12/c1-10-16(25)34-14-13(31-8-29-5)22-12-7-11(20(2,3)4)21(22)15(32-9-30-6)17(26)35-19(21)36-24(22,18(27)33-12)23(10,14)28/h10-15,19,28H,7-9H2,1-6H3/t10-,11+,12-,13-,14+,15+,19+,21+,22+,23-,24-/m1/s1. The largest absolute Gasteiger partial charge is 0.459 e. The third-order valence-corrected chi connectivity index (χ3v) is 9.66. The molecule has 6 aliphatic rings. The number of hydrogen-bond acceptors (Lipinski definition) is 12. The van der Waals surface area contributed by atoms with E-state index in [1.54, 1.807) is 0 Å². The first-order valence-corrected chi connectivity index (χ1v) is 12.2. The van der Waals surface area contributed by atoms with Crippen LogP contribution in [0, 0.1) is 28.1 Å². The Morgan fingerprint density at radius 1 is 1.00 bits per heavy atom. The van der Waals surface area contributed by atoms with Gasteiger partial charge in [0.15, 0.2) is 17.8 Å². The molecule has 0 aromatic carbocycles. The van der Waals surface area contributed by atoms with Gasteiger partial charge in [0.25, 0.3) is 0 Å². The van der Waals surface area contributed by atoms with E-state index in [0.29, 0.717) is 6.42 Å². The quantitative estimate of drug-likeness (QED) is 0.288. The lowest BCUT2D eigenvalue weighted by Gasteiger charge is -2.49. The average molecular weight is 513 g/mol. The summed E-state index contributed by atoms with van der Waals surface area (Å²) in [6.07, 6.45) is -5.41. The summed E-state index contributed by atoms with van der Waals surface area (Å²) in [5.41, 5.74) is -7.57. The van der Waals surface area contributed by atoms with Crippen molar-refractivity contribution < 1.29 is 57.4 Å².